The van der Waals surface area contributed by atoms with E-state index in [2.05, 4.69) is 0 Å². The fraction of sp³-hybridized carbons (Fsp3) is 0.316. The molecule has 3 rings (SSSR count). The number of rotatable bonds is 7. The summed E-state index contributed by atoms with van der Waals surface area (Å²) in [6.07, 6.45) is 1.15. The summed E-state index contributed by atoms with van der Waals surface area (Å²) in [5.41, 5.74) is 2.46. The van der Waals surface area contributed by atoms with Crippen molar-refractivity contribution in [2.45, 2.75) is 24.7 Å². The van der Waals surface area contributed by atoms with E-state index in [1.54, 1.807) is 12.1 Å². The molecular weight excluding hydrogens is 375 g/mol. The van der Waals surface area contributed by atoms with Gasteiger partial charge in [0.1, 0.15) is 11.8 Å². The van der Waals surface area contributed by atoms with Gasteiger partial charge in [0.05, 0.1) is 5.75 Å². The molecular formula is C19H19FO4S2. The molecule has 4 nitrogen and oxygen atoms in total. The summed E-state index contributed by atoms with van der Waals surface area (Å²) in [7, 11) is -3.59. The zero-order chi connectivity index (χ0) is 18.7. The van der Waals surface area contributed by atoms with E-state index in [1.165, 1.54) is 13.0 Å². The minimum absolute atomic E-state index is 0.0621. The number of carbonyl (C=O) groups excluding carboxylic acids is 1. The molecule has 0 N–H and O–H groups in total. The molecule has 0 spiro atoms. The van der Waals surface area contributed by atoms with Crippen molar-refractivity contribution >= 4 is 27.7 Å². The van der Waals surface area contributed by atoms with E-state index < -0.39 is 16.1 Å². The molecule has 2 aromatic carbocycles. The van der Waals surface area contributed by atoms with E-state index in [1.807, 2.05) is 24.3 Å². The van der Waals surface area contributed by atoms with E-state index >= 15 is 0 Å². The molecule has 0 radical (unpaired) electrons. The van der Waals surface area contributed by atoms with Crippen molar-refractivity contribution in [3.8, 4) is 5.75 Å². The van der Waals surface area contributed by atoms with Crippen LogP contribution in [0.3, 0.4) is 0 Å². The Balaban J connectivity index is 1.72. The van der Waals surface area contributed by atoms with Crippen LogP contribution in [0.25, 0.3) is 0 Å². The number of carbonyl (C=O) groups is 1. The Morgan fingerprint density at radius 3 is 2.58 bits per heavy atom. The maximum absolute atomic E-state index is 12.6. The highest BCUT2D eigenvalue weighted by Crippen LogP contribution is 2.32. The predicted molar refractivity (Wildman–Crippen MR) is 100 cm³/mol. The first-order valence-electron chi connectivity index (χ1n) is 8.29. The van der Waals surface area contributed by atoms with E-state index in [9.17, 15) is 17.6 Å². The van der Waals surface area contributed by atoms with Gasteiger partial charge < -0.3 is 4.18 Å². The van der Waals surface area contributed by atoms with Crippen LogP contribution in [-0.4, -0.2) is 26.0 Å². The summed E-state index contributed by atoms with van der Waals surface area (Å²) in [5, 5.41) is 0. The van der Waals surface area contributed by atoms with Crippen molar-refractivity contribution in [1.29, 1.82) is 0 Å². The SMILES string of the molecule is CCS(=O)(=O)Oc1ccc2c(c1)CC(Cc1ccc(SCF)cc1)C2=O. The maximum atomic E-state index is 12.6. The molecule has 26 heavy (non-hydrogen) atoms. The summed E-state index contributed by atoms with van der Waals surface area (Å²) < 4.78 is 40.6. The van der Waals surface area contributed by atoms with Crippen LogP contribution in [0.2, 0.25) is 0 Å². The third kappa shape index (κ3) is 4.27. The largest absolute Gasteiger partial charge is 0.382 e. The van der Waals surface area contributed by atoms with Crippen molar-refractivity contribution in [3.05, 3.63) is 59.2 Å². The molecule has 0 saturated carbocycles. The molecule has 1 aliphatic rings. The topological polar surface area (TPSA) is 60.4 Å². The van der Waals surface area contributed by atoms with E-state index in [0.717, 1.165) is 27.8 Å². The van der Waals surface area contributed by atoms with Crippen LogP contribution in [0.15, 0.2) is 47.4 Å². The van der Waals surface area contributed by atoms with E-state index in [-0.39, 0.29) is 23.2 Å². The average Bonchev–Trinajstić information content (AvgIpc) is 2.92. The molecule has 138 valence electrons. The van der Waals surface area contributed by atoms with Crippen LogP contribution in [-0.2, 0) is 23.0 Å². The van der Waals surface area contributed by atoms with Gasteiger partial charge in [-0.3, -0.25) is 4.79 Å². The van der Waals surface area contributed by atoms with E-state index in [4.69, 9.17) is 4.18 Å². The quantitative estimate of drug-likeness (QED) is 0.524. The maximum Gasteiger partial charge on any atom is 0.308 e. The second kappa shape index (κ2) is 7.80. The standard InChI is InChI=1S/C19H19FO4S2/c1-2-26(22,23)24-16-5-8-18-14(11-16)10-15(19(18)21)9-13-3-6-17(7-4-13)25-12-20/h3-8,11,15H,2,9-10,12H2,1H3. The molecule has 0 bridgehead atoms. The lowest BCUT2D eigenvalue weighted by atomic mass is 9.96. The number of halogens is 1. The molecule has 1 atom stereocenters. The zero-order valence-electron chi connectivity index (χ0n) is 14.3. The fourth-order valence-corrected chi connectivity index (χ4v) is 4.02. The molecule has 0 heterocycles. The number of hydrogen-bond acceptors (Lipinski definition) is 5. The van der Waals surface area contributed by atoms with Crippen LogP contribution in [0, 0.1) is 5.92 Å². The van der Waals surface area contributed by atoms with Crippen LogP contribution in [0.5, 0.6) is 5.75 Å². The van der Waals surface area contributed by atoms with Crippen LogP contribution >= 0.6 is 11.8 Å². The lowest BCUT2D eigenvalue weighted by Crippen LogP contribution is -2.12. The average molecular weight is 394 g/mol. The van der Waals surface area contributed by atoms with Crippen molar-refractivity contribution in [3.63, 3.8) is 0 Å². The Morgan fingerprint density at radius 1 is 1.19 bits per heavy atom. The van der Waals surface area contributed by atoms with Crippen LogP contribution in [0.1, 0.15) is 28.4 Å². The third-order valence-corrected chi connectivity index (χ3v) is 6.25. The number of hydrogen-bond donors (Lipinski definition) is 0. The molecule has 0 aliphatic heterocycles. The Bertz CT molecular complexity index is 908. The monoisotopic (exact) mass is 394 g/mol. The van der Waals surface area contributed by atoms with Gasteiger partial charge >= 0.3 is 10.1 Å². The Morgan fingerprint density at radius 2 is 1.92 bits per heavy atom. The number of ketones is 1. The van der Waals surface area contributed by atoms with Crippen molar-refractivity contribution in [2.24, 2.45) is 5.92 Å². The summed E-state index contributed by atoms with van der Waals surface area (Å²) in [5.74, 6) is 0.0176. The highest BCUT2D eigenvalue weighted by Gasteiger charge is 2.31. The first kappa shape index (κ1) is 18.9. The van der Waals surface area contributed by atoms with Gasteiger partial charge in [-0.15, -0.1) is 0 Å². The minimum Gasteiger partial charge on any atom is -0.382 e. The van der Waals surface area contributed by atoms with Gasteiger partial charge in [0.15, 0.2) is 5.78 Å². The summed E-state index contributed by atoms with van der Waals surface area (Å²) in [4.78, 5) is 13.5. The van der Waals surface area contributed by atoms with Gasteiger partial charge in [-0.05, 0) is 61.2 Å². The molecule has 2 aromatic rings. The number of fused-ring (bicyclic) bond motifs is 1. The lowest BCUT2D eigenvalue weighted by molar-refractivity contribution is 0.0936. The zero-order valence-corrected chi connectivity index (χ0v) is 15.9. The second-order valence-corrected chi connectivity index (χ2v) is 8.95. The molecule has 0 fully saturated rings. The van der Waals surface area contributed by atoms with E-state index in [0.29, 0.717) is 18.4 Å². The lowest BCUT2D eigenvalue weighted by Gasteiger charge is -2.08. The second-order valence-electron chi connectivity index (χ2n) is 6.12. The van der Waals surface area contributed by atoms with Gasteiger partial charge in [-0.2, -0.15) is 8.42 Å². The Kier molecular flexibility index (Phi) is 5.67. The highest BCUT2D eigenvalue weighted by atomic mass is 32.2. The van der Waals surface area contributed by atoms with Gasteiger partial charge in [0.25, 0.3) is 0 Å². The minimum atomic E-state index is -3.59. The molecule has 0 aromatic heterocycles. The smallest absolute Gasteiger partial charge is 0.308 e. The first-order chi connectivity index (χ1) is 12.4. The predicted octanol–water partition coefficient (Wildman–Crippen LogP) is 4.03. The molecule has 7 heteroatoms. The molecule has 0 saturated heterocycles. The molecule has 1 aliphatic carbocycles. The van der Waals surface area contributed by atoms with Crippen molar-refractivity contribution in [1.82, 2.24) is 0 Å². The number of Topliss-reactive ketones (excluding diaryl/α,β-unsaturated/α-hetero) is 1. The van der Waals surface area contributed by atoms with Crippen LogP contribution in [0.4, 0.5) is 4.39 Å². The molecule has 1 unspecified atom stereocenters. The van der Waals surface area contributed by atoms with Crippen LogP contribution < -0.4 is 4.18 Å². The van der Waals surface area contributed by atoms with Crippen molar-refractivity contribution in [2.75, 3.05) is 11.8 Å². The number of thioether (sulfide) groups is 1. The Hall–Kier alpha value is -1.86. The highest BCUT2D eigenvalue weighted by molar-refractivity contribution is 7.99. The summed E-state index contributed by atoms with van der Waals surface area (Å²) >= 11 is 1.13. The van der Waals surface area contributed by atoms with Gasteiger partial charge in [0, 0.05) is 16.4 Å². The molecule has 0 amide bonds. The van der Waals surface area contributed by atoms with Crippen molar-refractivity contribution < 1.29 is 21.8 Å². The fourth-order valence-electron chi connectivity index (χ4n) is 3.05. The van der Waals surface area contributed by atoms with Gasteiger partial charge in [-0.1, -0.05) is 23.9 Å². The summed E-state index contributed by atoms with van der Waals surface area (Å²) in [6, 6.07) is 11.9. The number of benzene rings is 2. The number of alkyl halides is 1. The Labute approximate surface area is 156 Å². The first-order valence-corrected chi connectivity index (χ1v) is 10.8. The summed E-state index contributed by atoms with van der Waals surface area (Å²) in [6.45, 7) is 1.51. The van der Waals surface area contributed by atoms with Gasteiger partial charge in [-0.25, -0.2) is 4.39 Å². The third-order valence-electron chi connectivity index (χ3n) is 4.38. The normalized spacial score (nSPS) is 16.5. The van der Waals surface area contributed by atoms with Gasteiger partial charge in [0.2, 0.25) is 0 Å².